The summed E-state index contributed by atoms with van der Waals surface area (Å²) in [5.41, 5.74) is 5.34. The molecule has 0 aliphatic carbocycles. The molecule has 2 aromatic heterocycles. The van der Waals surface area contributed by atoms with Crippen LogP contribution in [0.1, 0.15) is 25.0 Å². The lowest BCUT2D eigenvalue weighted by Crippen LogP contribution is -2.15. The third kappa shape index (κ3) is 4.23. The van der Waals surface area contributed by atoms with Gasteiger partial charge in [0.05, 0.1) is 5.75 Å². The lowest BCUT2D eigenvalue weighted by molar-refractivity contribution is -0.113. The van der Waals surface area contributed by atoms with E-state index in [0.717, 1.165) is 46.3 Å². The Morgan fingerprint density at radius 1 is 1.06 bits per heavy atom. The first-order valence-electron chi connectivity index (χ1n) is 10.5. The summed E-state index contributed by atoms with van der Waals surface area (Å²) in [7, 11) is 0. The van der Waals surface area contributed by atoms with E-state index in [9.17, 15) is 4.79 Å². The van der Waals surface area contributed by atoms with Crippen LogP contribution in [0.5, 0.6) is 0 Å². The number of amides is 1. The van der Waals surface area contributed by atoms with Crippen molar-refractivity contribution >= 4 is 34.3 Å². The fourth-order valence-electron chi connectivity index (χ4n) is 3.84. The maximum Gasteiger partial charge on any atom is 0.234 e. The second-order valence-electron chi connectivity index (χ2n) is 7.55. The Bertz CT molecular complexity index is 1240. The number of carbonyl (C=O) groups excluding carboxylic acids is 1. The average Bonchev–Trinajstić information content (AvgIpc) is 3.34. The van der Waals surface area contributed by atoms with Crippen LogP contribution in [0.25, 0.3) is 22.3 Å². The predicted octanol–water partition coefficient (Wildman–Crippen LogP) is 5.29. The van der Waals surface area contributed by atoms with E-state index >= 15 is 0 Å². The third-order valence-electron chi connectivity index (χ3n) is 5.39. The van der Waals surface area contributed by atoms with Crippen molar-refractivity contribution in [1.82, 2.24) is 19.3 Å². The van der Waals surface area contributed by atoms with Crippen molar-refractivity contribution in [1.29, 1.82) is 0 Å². The van der Waals surface area contributed by atoms with Crippen LogP contribution in [0.4, 0.5) is 5.69 Å². The maximum absolute atomic E-state index is 12.5. The molecule has 0 aliphatic rings. The van der Waals surface area contributed by atoms with Crippen LogP contribution in [-0.4, -0.2) is 31.0 Å². The first kappa shape index (κ1) is 21.2. The number of nitrogens with one attached hydrogen (secondary N) is 1. The molecule has 2 aromatic carbocycles. The summed E-state index contributed by atoms with van der Waals surface area (Å²) in [6.45, 7) is 9.88. The van der Waals surface area contributed by atoms with Crippen LogP contribution in [0, 0.1) is 13.8 Å². The summed E-state index contributed by atoms with van der Waals surface area (Å²) >= 11 is 1.41. The monoisotopic (exact) mass is 433 g/mol. The molecule has 4 rings (SSSR count). The summed E-state index contributed by atoms with van der Waals surface area (Å²) in [4.78, 5) is 12.5. The van der Waals surface area contributed by atoms with Gasteiger partial charge in [0.25, 0.3) is 0 Å². The zero-order valence-electron chi connectivity index (χ0n) is 18.3. The number of hydrogen-bond donors (Lipinski definition) is 1. The van der Waals surface area contributed by atoms with Gasteiger partial charge in [-0.2, -0.15) is 0 Å². The molecule has 0 unspecified atom stereocenters. The van der Waals surface area contributed by atoms with Gasteiger partial charge in [-0.15, -0.1) is 10.2 Å². The molecule has 0 aliphatic heterocycles. The van der Waals surface area contributed by atoms with Crippen molar-refractivity contribution in [2.24, 2.45) is 0 Å². The van der Waals surface area contributed by atoms with Gasteiger partial charge in [0.1, 0.15) is 0 Å². The Kier molecular flexibility index (Phi) is 6.13. The fourth-order valence-corrected chi connectivity index (χ4v) is 4.64. The molecule has 6 nitrogen and oxygen atoms in total. The Morgan fingerprint density at radius 3 is 2.61 bits per heavy atom. The first-order valence-corrected chi connectivity index (χ1v) is 11.5. The van der Waals surface area contributed by atoms with Gasteiger partial charge in [0.2, 0.25) is 5.91 Å². The van der Waals surface area contributed by atoms with Gasteiger partial charge in [-0.25, -0.2) is 0 Å². The predicted molar refractivity (Wildman–Crippen MR) is 128 cm³/mol. The molecule has 0 saturated heterocycles. The molecule has 0 spiro atoms. The van der Waals surface area contributed by atoms with Crippen molar-refractivity contribution in [2.75, 3.05) is 11.1 Å². The number of aryl methyl sites for hydroxylation is 3. The summed E-state index contributed by atoms with van der Waals surface area (Å²) < 4.78 is 4.31. The minimum Gasteiger partial charge on any atom is -0.347 e. The topological polar surface area (TPSA) is 64.7 Å². The second kappa shape index (κ2) is 8.98. The molecule has 0 radical (unpaired) electrons. The number of para-hydroxylation sites is 1. The molecule has 0 atom stereocenters. The summed E-state index contributed by atoms with van der Waals surface area (Å²) in [5.74, 6) is 1.07. The summed E-state index contributed by atoms with van der Waals surface area (Å²) in [6.07, 6.45) is 2.14. The number of carbonyl (C=O) groups is 1. The molecular formula is C24H27N5OS. The average molecular weight is 434 g/mol. The van der Waals surface area contributed by atoms with Crippen LogP contribution >= 0.6 is 11.8 Å². The Balaban J connectivity index is 1.55. The molecule has 7 heteroatoms. The number of aromatic nitrogens is 4. The molecule has 160 valence electrons. The lowest BCUT2D eigenvalue weighted by atomic mass is 10.1. The molecule has 0 bridgehead atoms. The second-order valence-corrected chi connectivity index (χ2v) is 8.49. The number of hydrogen-bond acceptors (Lipinski definition) is 4. The molecular weight excluding hydrogens is 406 g/mol. The third-order valence-corrected chi connectivity index (χ3v) is 6.36. The maximum atomic E-state index is 12.5. The highest BCUT2D eigenvalue weighted by atomic mass is 32.2. The van der Waals surface area contributed by atoms with Crippen molar-refractivity contribution in [3.05, 3.63) is 59.8 Å². The SMILES string of the molecule is CCn1c(SCC(=O)Nc2ccc(C)cc2C)nnc1-c1cn(CC)c2ccccc12. The number of benzene rings is 2. The van der Waals surface area contributed by atoms with Gasteiger partial charge >= 0.3 is 0 Å². The van der Waals surface area contributed by atoms with Gasteiger partial charge in [0.15, 0.2) is 11.0 Å². The molecule has 0 saturated carbocycles. The van der Waals surface area contributed by atoms with Gasteiger partial charge in [0, 0.05) is 41.4 Å². The highest BCUT2D eigenvalue weighted by Gasteiger charge is 2.18. The smallest absolute Gasteiger partial charge is 0.234 e. The van der Waals surface area contributed by atoms with E-state index in [1.807, 2.05) is 32.0 Å². The quantitative estimate of drug-likeness (QED) is 0.402. The van der Waals surface area contributed by atoms with Crippen molar-refractivity contribution in [2.45, 2.75) is 45.9 Å². The Labute approximate surface area is 186 Å². The largest absolute Gasteiger partial charge is 0.347 e. The van der Waals surface area contributed by atoms with E-state index < -0.39 is 0 Å². The minimum absolute atomic E-state index is 0.0493. The lowest BCUT2D eigenvalue weighted by Gasteiger charge is -2.09. The van der Waals surface area contributed by atoms with Gasteiger partial charge in [-0.05, 0) is 45.4 Å². The van der Waals surface area contributed by atoms with Crippen LogP contribution in [-0.2, 0) is 17.9 Å². The van der Waals surface area contributed by atoms with E-state index in [2.05, 4.69) is 69.0 Å². The van der Waals surface area contributed by atoms with Crippen LogP contribution < -0.4 is 5.32 Å². The van der Waals surface area contributed by atoms with Crippen LogP contribution in [0.3, 0.4) is 0 Å². The normalized spacial score (nSPS) is 11.2. The van der Waals surface area contributed by atoms with Crippen molar-refractivity contribution in [3.63, 3.8) is 0 Å². The number of nitrogens with zero attached hydrogens (tertiary/aromatic N) is 4. The van der Waals surface area contributed by atoms with Crippen LogP contribution in [0.15, 0.2) is 53.8 Å². The molecule has 1 N–H and O–H groups in total. The van der Waals surface area contributed by atoms with Crippen LogP contribution in [0.2, 0.25) is 0 Å². The van der Waals surface area contributed by atoms with Gasteiger partial charge in [-0.3, -0.25) is 4.79 Å². The van der Waals surface area contributed by atoms with E-state index in [4.69, 9.17) is 0 Å². The molecule has 31 heavy (non-hydrogen) atoms. The highest BCUT2D eigenvalue weighted by Crippen LogP contribution is 2.31. The number of anilines is 1. The number of thioether (sulfide) groups is 1. The van der Waals surface area contributed by atoms with E-state index in [0.29, 0.717) is 0 Å². The standard InChI is InChI=1S/C24H27N5OS/c1-5-28-14-19(18-9-7-8-10-21(18)28)23-26-27-24(29(23)6-2)31-15-22(30)25-20-12-11-16(3)13-17(20)4/h7-14H,5-6,15H2,1-4H3,(H,25,30). The highest BCUT2D eigenvalue weighted by molar-refractivity contribution is 7.99. The molecule has 0 fully saturated rings. The van der Waals surface area contributed by atoms with Gasteiger partial charge < -0.3 is 14.5 Å². The zero-order valence-corrected chi connectivity index (χ0v) is 19.2. The number of rotatable bonds is 7. The van der Waals surface area contributed by atoms with Crippen molar-refractivity contribution < 1.29 is 4.79 Å². The fraction of sp³-hybridized carbons (Fsp3) is 0.292. The first-order chi connectivity index (χ1) is 15.0. The van der Waals surface area contributed by atoms with E-state index in [-0.39, 0.29) is 11.7 Å². The summed E-state index contributed by atoms with van der Waals surface area (Å²) in [6, 6.07) is 14.4. The summed E-state index contributed by atoms with van der Waals surface area (Å²) in [5, 5.41) is 13.8. The zero-order chi connectivity index (χ0) is 22.0. The van der Waals surface area contributed by atoms with E-state index in [1.54, 1.807) is 0 Å². The minimum atomic E-state index is -0.0493. The number of fused-ring (bicyclic) bond motifs is 1. The van der Waals surface area contributed by atoms with Gasteiger partial charge in [-0.1, -0.05) is 47.7 Å². The Morgan fingerprint density at radius 2 is 1.87 bits per heavy atom. The van der Waals surface area contributed by atoms with E-state index in [1.165, 1.54) is 22.8 Å². The molecule has 2 heterocycles. The Hall–Kier alpha value is -3.06. The molecule has 4 aromatic rings. The molecule has 1 amide bonds. The van der Waals surface area contributed by atoms with Crippen molar-refractivity contribution in [3.8, 4) is 11.4 Å².